The van der Waals surface area contributed by atoms with Crippen molar-refractivity contribution >= 4 is 22.2 Å². The van der Waals surface area contributed by atoms with Gasteiger partial charge >= 0.3 is 0 Å². The van der Waals surface area contributed by atoms with Gasteiger partial charge in [-0.3, -0.25) is 4.79 Å². The minimum Gasteiger partial charge on any atom is -0.312 e. The minimum atomic E-state index is -0.380. The summed E-state index contributed by atoms with van der Waals surface area (Å²) in [7, 11) is 0. The summed E-state index contributed by atoms with van der Waals surface area (Å²) in [6.07, 6.45) is 2.89. The molecule has 0 bridgehead atoms. The van der Waals surface area contributed by atoms with Gasteiger partial charge in [0, 0.05) is 10.4 Å². The molecule has 0 fully saturated rings. The van der Waals surface area contributed by atoms with Crippen molar-refractivity contribution in [2.45, 2.75) is 40.0 Å². The molecule has 3 nitrogen and oxygen atoms in total. The van der Waals surface area contributed by atoms with Gasteiger partial charge in [0.25, 0.3) is 5.91 Å². The number of nitriles is 1. The average molecular weight is 356 g/mol. The van der Waals surface area contributed by atoms with Gasteiger partial charge in [-0.1, -0.05) is 20.8 Å². The summed E-state index contributed by atoms with van der Waals surface area (Å²) in [5, 5.41) is 13.0. The lowest BCUT2D eigenvalue weighted by atomic mass is 9.72. The topological polar surface area (TPSA) is 52.9 Å². The van der Waals surface area contributed by atoms with E-state index in [1.54, 1.807) is 0 Å². The molecule has 1 unspecified atom stereocenters. The van der Waals surface area contributed by atoms with Gasteiger partial charge < -0.3 is 5.32 Å². The number of carbonyl (C=O) groups excluding carboxylic acids is 1. The van der Waals surface area contributed by atoms with Crippen molar-refractivity contribution in [1.29, 1.82) is 5.26 Å². The van der Waals surface area contributed by atoms with E-state index in [1.165, 1.54) is 40.5 Å². The van der Waals surface area contributed by atoms with E-state index in [2.05, 4.69) is 32.2 Å². The second kappa shape index (κ2) is 6.61. The van der Waals surface area contributed by atoms with E-state index in [-0.39, 0.29) is 17.1 Å². The molecule has 1 atom stereocenters. The van der Waals surface area contributed by atoms with Gasteiger partial charge in [0.2, 0.25) is 0 Å². The van der Waals surface area contributed by atoms with E-state index in [0.29, 0.717) is 22.0 Å². The molecule has 1 aromatic heterocycles. The molecule has 5 heteroatoms. The Balaban J connectivity index is 1.86. The van der Waals surface area contributed by atoms with Crippen molar-refractivity contribution in [3.63, 3.8) is 0 Å². The van der Waals surface area contributed by atoms with Crippen LogP contribution in [0.15, 0.2) is 24.3 Å². The van der Waals surface area contributed by atoms with Crippen LogP contribution in [-0.2, 0) is 12.8 Å². The Morgan fingerprint density at radius 2 is 2.00 bits per heavy atom. The van der Waals surface area contributed by atoms with Gasteiger partial charge in [0.1, 0.15) is 16.9 Å². The third kappa shape index (κ3) is 3.59. The van der Waals surface area contributed by atoms with Gasteiger partial charge in [-0.15, -0.1) is 11.3 Å². The number of fused-ring (bicyclic) bond motifs is 1. The SMILES string of the molecule is CC(C)(C)C1CCc2c(sc(NC(=O)c3ccc(F)cc3)c2C#N)C1. The van der Waals surface area contributed by atoms with Crippen LogP contribution in [-0.4, -0.2) is 5.91 Å². The number of rotatable bonds is 2. The molecule has 130 valence electrons. The predicted molar refractivity (Wildman–Crippen MR) is 98.4 cm³/mol. The zero-order valence-corrected chi connectivity index (χ0v) is 15.5. The smallest absolute Gasteiger partial charge is 0.256 e. The molecule has 1 amide bonds. The van der Waals surface area contributed by atoms with Gasteiger partial charge in [0.05, 0.1) is 5.56 Å². The summed E-state index contributed by atoms with van der Waals surface area (Å²) in [4.78, 5) is 13.6. The lowest BCUT2D eigenvalue weighted by Gasteiger charge is -2.33. The van der Waals surface area contributed by atoms with Crippen LogP contribution in [0.2, 0.25) is 0 Å². The maximum absolute atomic E-state index is 13.0. The largest absolute Gasteiger partial charge is 0.312 e. The van der Waals surface area contributed by atoms with Crippen LogP contribution in [0.25, 0.3) is 0 Å². The van der Waals surface area contributed by atoms with Crippen LogP contribution >= 0.6 is 11.3 Å². The van der Waals surface area contributed by atoms with E-state index in [4.69, 9.17) is 0 Å². The Morgan fingerprint density at radius 1 is 1.32 bits per heavy atom. The number of nitrogens with one attached hydrogen (secondary N) is 1. The number of halogens is 1. The summed E-state index contributed by atoms with van der Waals surface area (Å²) in [6, 6.07) is 7.66. The van der Waals surface area contributed by atoms with Crippen LogP contribution in [0.3, 0.4) is 0 Å². The fourth-order valence-electron chi connectivity index (χ4n) is 3.31. The molecule has 1 aromatic carbocycles. The van der Waals surface area contributed by atoms with Crippen LogP contribution in [0.4, 0.5) is 9.39 Å². The molecule has 0 aliphatic heterocycles. The van der Waals surface area contributed by atoms with Gasteiger partial charge in [-0.05, 0) is 60.4 Å². The Bertz CT molecular complexity index is 840. The molecule has 1 aliphatic carbocycles. The molecule has 1 aliphatic rings. The third-order valence-electron chi connectivity index (χ3n) is 4.94. The van der Waals surface area contributed by atoms with Crippen molar-refractivity contribution in [3.05, 3.63) is 51.7 Å². The molecule has 0 radical (unpaired) electrons. The quantitative estimate of drug-likeness (QED) is 0.808. The normalized spacial score (nSPS) is 16.8. The monoisotopic (exact) mass is 356 g/mol. The van der Waals surface area contributed by atoms with E-state index in [0.717, 1.165) is 24.8 Å². The second-order valence-electron chi connectivity index (χ2n) is 7.59. The highest BCUT2D eigenvalue weighted by molar-refractivity contribution is 7.16. The maximum Gasteiger partial charge on any atom is 0.256 e. The van der Waals surface area contributed by atoms with Crippen molar-refractivity contribution in [2.24, 2.45) is 11.3 Å². The molecule has 1 N–H and O–H groups in total. The molecule has 0 spiro atoms. The van der Waals surface area contributed by atoms with E-state index >= 15 is 0 Å². The number of amides is 1. The Morgan fingerprint density at radius 3 is 2.60 bits per heavy atom. The zero-order chi connectivity index (χ0) is 18.2. The lowest BCUT2D eigenvalue weighted by molar-refractivity contribution is 0.102. The molecule has 2 aromatic rings. The summed E-state index contributed by atoms with van der Waals surface area (Å²) >= 11 is 1.50. The summed E-state index contributed by atoms with van der Waals surface area (Å²) in [5.41, 5.74) is 2.28. The third-order valence-corrected chi connectivity index (χ3v) is 6.11. The molecular formula is C20H21FN2OS. The first-order valence-electron chi connectivity index (χ1n) is 8.41. The lowest BCUT2D eigenvalue weighted by Crippen LogP contribution is -2.26. The average Bonchev–Trinajstić information content (AvgIpc) is 2.90. The number of carbonyl (C=O) groups is 1. The van der Waals surface area contributed by atoms with Crippen LogP contribution in [0.5, 0.6) is 0 Å². The predicted octanol–water partition coefficient (Wildman–Crippen LogP) is 5.16. The molecular weight excluding hydrogens is 335 g/mol. The molecule has 0 saturated heterocycles. The number of anilines is 1. The molecule has 0 saturated carbocycles. The molecule has 3 rings (SSSR count). The first-order valence-corrected chi connectivity index (χ1v) is 9.23. The van der Waals surface area contributed by atoms with E-state index < -0.39 is 0 Å². The number of nitrogens with zero attached hydrogens (tertiary/aromatic N) is 1. The maximum atomic E-state index is 13.0. The molecule has 25 heavy (non-hydrogen) atoms. The highest BCUT2D eigenvalue weighted by Crippen LogP contribution is 2.44. The number of benzene rings is 1. The summed E-state index contributed by atoms with van der Waals surface area (Å²) in [5.74, 6) is -0.123. The Kier molecular flexibility index (Phi) is 4.66. The van der Waals surface area contributed by atoms with Crippen LogP contribution in [0.1, 0.15) is 53.6 Å². The number of hydrogen-bond donors (Lipinski definition) is 1. The van der Waals surface area contributed by atoms with E-state index in [9.17, 15) is 14.4 Å². The van der Waals surface area contributed by atoms with Crippen molar-refractivity contribution < 1.29 is 9.18 Å². The fraction of sp³-hybridized carbons (Fsp3) is 0.400. The van der Waals surface area contributed by atoms with E-state index in [1.807, 2.05) is 0 Å². The Labute approximate surface area is 151 Å². The van der Waals surface area contributed by atoms with Gasteiger partial charge in [0.15, 0.2) is 0 Å². The van der Waals surface area contributed by atoms with Gasteiger partial charge in [-0.25, -0.2) is 4.39 Å². The standard InChI is InChI=1S/C20H21FN2OS/c1-20(2,3)13-6-9-15-16(11-22)19(25-17(15)10-13)23-18(24)12-4-7-14(21)8-5-12/h4-5,7-8,13H,6,9-10H2,1-3H3,(H,23,24). The van der Waals surface area contributed by atoms with Crippen molar-refractivity contribution in [1.82, 2.24) is 0 Å². The number of thiophene rings is 1. The highest BCUT2D eigenvalue weighted by Gasteiger charge is 2.32. The first-order chi connectivity index (χ1) is 11.8. The number of hydrogen-bond acceptors (Lipinski definition) is 3. The Hall–Kier alpha value is -2.19. The van der Waals surface area contributed by atoms with Crippen molar-refractivity contribution in [3.8, 4) is 6.07 Å². The second-order valence-corrected chi connectivity index (χ2v) is 8.69. The zero-order valence-electron chi connectivity index (χ0n) is 14.6. The fourth-order valence-corrected chi connectivity index (χ4v) is 4.58. The first kappa shape index (κ1) is 17.6. The summed E-state index contributed by atoms with van der Waals surface area (Å²) < 4.78 is 13.0. The van der Waals surface area contributed by atoms with Crippen LogP contribution in [0, 0.1) is 28.5 Å². The highest BCUT2D eigenvalue weighted by atomic mass is 32.1. The van der Waals surface area contributed by atoms with Gasteiger partial charge in [-0.2, -0.15) is 5.26 Å². The van der Waals surface area contributed by atoms with Crippen LogP contribution < -0.4 is 5.32 Å². The minimum absolute atomic E-state index is 0.228. The molecule has 1 heterocycles. The summed E-state index contributed by atoms with van der Waals surface area (Å²) in [6.45, 7) is 6.75. The van der Waals surface area contributed by atoms with Crippen molar-refractivity contribution in [2.75, 3.05) is 5.32 Å².